The first-order valence-corrected chi connectivity index (χ1v) is 11.1. The van der Waals surface area contributed by atoms with E-state index in [4.69, 9.17) is 4.98 Å². The lowest BCUT2D eigenvalue weighted by Crippen LogP contribution is -2.18. The van der Waals surface area contributed by atoms with Crippen molar-refractivity contribution >= 4 is 15.9 Å². The molecule has 4 heteroatoms. The van der Waals surface area contributed by atoms with Gasteiger partial charge in [-0.3, -0.25) is 0 Å². The lowest BCUT2D eigenvalue weighted by molar-refractivity contribution is 0.495. The lowest BCUT2D eigenvalue weighted by atomic mass is 9.96. The molecule has 0 aliphatic rings. The van der Waals surface area contributed by atoms with Gasteiger partial charge in [-0.25, -0.2) is 4.98 Å². The van der Waals surface area contributed by atoms with E-state index >= 15 is 0 Å². The smallest absolute Gasteiger partial charge is 0.116 e. The number of unbranched alkanes of at least 4 members (excludes halogenated alkanes) is 3. The molecule has 26 heavy (non-hydrogen) atoms. The predicted molar refractivity (Wildman–Crippen MR) is 115 cm³/mol. The number of nitrogens with zero attached hydrogens (tertiary/aromatic N) is 2. The Bertz CT molecular complexity index is 623. The summed E-state index contributed by atoms with van der Waals surface area (Å²) >= 11 is 3.58. The zero-order valence-electron chi connectivity index (χ0n) is 16.4. The molecule has 0 aliphatic carbocycles. The van der Waals surface area contributed by atoms with E-state index in [1.54, 1.807) is 0 Å². The molecule has 0 saturated heterocycles. The van der Waals surface area contributed by atoms with E-state index in [0.29, 0.717) is 5.92 Å². The molecule has 0 bridgehead atoms. The van der Waals surface area contributed by atoms with Gasteiger partial charge in [-0.2, -0.15) is 0 Å². The topological polar surface area (TPSA) is 29.9 Å². The van der Waals surface area contributed by atoms with Crippen LogP contribution in [0.2, 0.25) is 0 Å². The highest BCUT2D eigenvalue weighted by atomic mass is 79.9. The number of hydrogen-bond donors (Lipinski definition) is 1. The summed E-state index contributed by atoms with van der Waals surface area (Å²) in [6.45, 7) is 6.81. The minimum Gasteiger partial charge on any atom is -0.317 e. The van der Waals surface area contributed by atoms with E-state index in [-0.39, 0.29) is 0 Å². The van der Waals surface area contributed by atoms with E-state index in [1.165, 1.54) is 62.9 Å². The molecule has 0 spiro atoms. The van der Waals surface area contributed by atoms with Crippen molar-refractivity contribution < 1.29 is 0 Å². The van der Waals surface area contributed by atoms with Gasteiger partial charge >= 0.3 is 0 Å². The van der Waals surface area contributed by atoms with Crippen molar-refractivity contribution in [1.29, 1.82) is 0 Å². The van der Waals surface area contributed by atoms with Crippen LogP contribution in [0.4, 0.5) is 0 Å². The zero-order chi connectivity index (χ0) is 18.6. The first kappa shape index (κ1) is 21.2. The normalized spacial score (nSPS) is 12.4. The van der Waals surface area contributed by atoms with Gasteiger partial charge in [0.05, 0.1) is 0 Å². The third-order valence-electron chi connectivity index (χ3n) is 4.87. The summed E-state index contributed by atoms with van der Waals surface area (Å²) in [5, 5.41) is 3.61. The van der Waals surface area contributed by atoms with Crippen molar-refractivity contribution in [3.63, 3.8) is 0 Å². The largest absolute Gasteiger partial charge is 0.317 e. The molecule has 1 N–H and O–H groups in total. The zero-order valence-corrected chi connectivity index (χ0v) is 18.0. The van der Waals surface area contributed by atoms with Crippen LogP contribution >= 0.6 is 15.9 Å². The number of rotatable bonds is 13. The molecule has 0 saturated carbocycles. The van der Waals surface area contributed by atoms with Crippen LogP contribution in [0.5, 0.6) is 0 Å². The van der Waals surface area contributed by atoms with Crippen molar-refractivity contribution in [1.82, 2.24) is 14.9 Å². The van der Waals surface area contributed by atoms with Crippen LogP contribution in [-0.4, -0.2) is 22.6 Å². The number of hydrogen-bond acceptors (Lipinski definition) is 2. The molecule has 1 aromatic heterocycles. The molecule has 3 nitrogen and oxygen atoms in total. The summed E-state index contributed by atoms with van der Waals surface area (Å²) in [6, 6.07) is 8.46. The van der Waals surface area contributed by atoms with Crippen LogP contribution in [0.3, 0.4) is 0 Å². The lowest BCUT2D eigenvalue weighted by Gasteiger charge is -2.18. The number of aromatic nitrogens is 2. The highest BCUT2D eigenvalue weighted by Crippen LogP contribution is 2.27. The predicted octanol–water partition coefficient (Wildman–Crippen LogP) is 6.47. The average Bonchev–Trinajstić information content (AvgIpc) is 3.12. The summed E-state index contributed by atoms with van der Waals surface area (Å²) < 4.78 is 3.36. The molecular formula is C22H34BrN3. The first-order chi connectivity index (χ1) is 12.8. The van der Waals surface area contributed by atoms with Crippen LogP contribution in [0.25, 0.3) is 5.69 Å². The standard InChI is InChI=1S/C22H34BrN3/c1-3-5-6-7-14-24-15-9-11-19(10-4-2)22-25-16-17-26(22)21-13-8-12-20(23)18-21/h8,12-13,16-19,24H,3-7,9-11,14-15H2,1-2H3. The van der Waals surface area contributed by atoms with E-state index < -0.39 is 0 Å². The van der Waals surface area contributed by atoms with E-state index in [1.807, 2.05) is 6.20 Å². The molecule has 0 fully saturated rings. The van der Waals surface area contributed by atoms with Crippen LogP contribution < -0.4 is 5.32 Å². The molecule has 1 atom stereocenters. The Balaban J connectivity index is 1.89. The highest BCUT2D eigenvalue weighted by Gasteiger charge is 2.17. The molecule has 2 rings (SSSR count). The van der Waals surface area contributed by atoms with Crippen molar-refractivity contribution in [2.24, 2.45) is 0 Å². The maximum absolute atomic E-state index is 4.72. The maximum Gasteiger partial charge on any atom is 0.116 e. The number of nitrogens with one attached hydrogen (secondary N) is 1. The summed E-state index contributed by atoms with van der Waals surface area (Å²) in [7, 11) is 0. The Hall–Kier alpha value is -1.13. The molecular weight excluding hydrogens is 386 g/mol. The third-order valence-corrected chi connectivity index (χ3v) is 5.36. The van der Waals surface area contributed by atoms with Gasteiger partial charge in [0.25, 0.3) is 0 Å². The van der Waals surface area contributed by atoms with E-state index in [9.17, 15) is 0 Å². The Morgan fingerprint density at radius 1 is 1.04 bits per heavy atom. The van der Waals surface area contributed by atoms with Crippen molar-refractivity contribution in [2.75, 3.05) is 13.1 Å². The molecule has 0 amide bonds. The molecule has 1 unspecified atom stereocenters. The molecule has 1 aromatic carbocycles. The van der Waals surface area contributed by atoms with Gasteiger partial charge in [-0.1, -0.05) is 61.5 Å². The third kappa shape index (κ3) is 6.88. The fraction of sp³-hybridized carbons (Fsp3) is 0.591. The van der Waals surface area contributed by atoms with E-state index in [2.05, 4.69) is 70.1 Å². The van der Waals surface area contributed by atoms with Gasteiger partial charge in [-0.15, -0.1) is 0 Å². The fourth-order valence-electron chi connectivity index (χ4n) is 3.49. The second-order valence-electron chi connectivity index (χ2n) is 7.07. The van der Waals surface area contributed by atoms with Crippen LogP contribution in [0.1, 0.15) is 77.0 Å². The van der Waals surface area contributed by atoms with Gasteiger partial charge in [0.1, 0.15) is 5.82 Å². The van der Waals surface area contributed by atoms with Crippen LogP contribution in [0.15, 0.2) is 41.1 Å². The SMILES string of the molecule is CCCCCCNCCCC(CCC)c1nccn1-c1cccc(Br)c1. The van der Waals surface area contributed by atoms with E-state index in [0.717, 1.165) is 17.6 Å². The van der Waals surface area contributed by atoms with Gasteiger partial charge in [0.15, 0.2) is 0 Å². The second kappa shape index (κ2) is 12.3. The monoisotopic (exact) mass is 419 g/mol. The Morgan fingerprint density at radius 2 is 1.88 bits per heavy atom. The summed E-state index contributed by atoms with van der Waals surface area (Å²) in [6.07, 6.45) is 14.1. The first-order valence-electron chi connectivity index (χ1n) is 10.3. The number of benzene rings is 1. The molecule has 1 heterocycles. The summed E-state index contributed by atoms with van der Waals surface area (Å²) in [4.78, 5) is 4.72. The fourth-order valence-corrected chi connectivity index (χ4v) is 3.87. The van der Waals surface area contributed by atoms with Gasteiger partial charge in [-0.05, 0) is 57.0 Å². The summed E-state index contributed by atoms with van der Waals surface area (Å²) in [5.41, 5.74) is 1.18. The van der Waals surface area contributed by atoms with Crippen molar-refractivity contribution in [2.45, 2.75) is 71.1 Å². The Kier molecular flexibility index (Phi) is 10.0. The maximum atomic E-state index is 4.72. The molecule has 2 aromatic rings. The Labute approximate surface area is 167 Å². The molecule has 0 aliphatic heterocycles. The second-order valence-corrected chi connectivity index (χ2v) is 7.99. The van der Waals surface area contributed by atoms with Gasteiger partial charge in [0, 0.05) is 28.5 Å². The number of halogens is 1. The minimum atomic E-state index is 0.524. The minimum absolute atomic E-state index is 0.524. The molecule has 144 valence electrons. The van der Waals surface area contributed by atoms with Crippen molar-refractivity contribution in [3.8, 4) is 5.69 Å². The average molecular weight is 420 g/mol. The number of imidazole rings is 1. The van der Waals surface area contributed by atoms with Gasteiger partial charge < -0.3 is 9.88 Å². The molecule has 0 radical (unpaired) electrons. The highest BCUT2D eigenvalue weighted by molar-refractivity contribution is 9.10. The van der Waals surface area contributed by atoms with Gasteiger partial charge in [0.2, 0.25) is 0 Å². The summed E-state index contributed by atoms with van der Waals surface area (Å²) in [5.74, 6) is 1.73. The quantitative estimate of drug-likeness (QED) is 0.377. The van der Waals surface area contributed by atoms with Crippen LogP contribution in [-0.2, 0) is 0 Å². The Morgan fingerprint density at radius 3 is 2.65 bits per heavy atom. The van der Waals surface area contributed by atoms with Crippen LogP contribution in [0, 0.1) is 0 Å². The van der Waals surface area contributed by atoms with Crippen molar-refractivity contribution in [3.05, 3.63) is 47.0 Å².